The maximum atomic E-state index is 7.94. The maximum absolute atomic E-state index is 7.94. The van der Waals surface area contributed by atoms with Crippen molar-refractivity contribution in [2.24, 2.45) is 0 Å². The summed E-state index contributed by atoms with van der Waals surface area (Å²) in [5.41, 5.74) is 3.67. The minimum absolute atomic E-state index is 0.178. The van der Waals surface area contributed by atoms with Gasteiger partial charge in [0.1, 0.15) is 12.3 Å². The zero-order chi connectivity index (χ0) is 20.7. The van der Waals surface area contributed by atoms with E-state index in [2.05, 4.69) is 33.0 Å². The quantitative estimate of drug-likeness (QED) is 0.837. The number of allylic oxidation sites excluding steroid dienone is 1. The SMILES string of the molecule is C/C=C1\C(=N)OCc2cn(-c3ccc(N4CCC(N(C)C5COC5)CC4)cn3)nc21. The molecule has 8 nitrogen and oxygen atoms in total. The third kappa shape index (κ3) is 3.40. The van der Waals surface area contributed by atoms with Crippen molar-refractivity contribution in [2.45, 2.75) is 38.5 Å². The van der Waals surface area contributed by atoms with Gasteiger partial charge in [0, 0.05) is 30.9 Å². The Kier molecular flexibility index (Phi) is 5.04. The molecule has 0 aromatic carbocycles. The van der Waals surface area contributed by atoms with Gasteiger partial charge in [-0.3, -0.25) is 10.3 Å². The zero-order valence-electron chi connectivity index (χ0n) is 17.5. The number of rotatable bonds is 4. The van der Waals surface area contributed by atoms with Crippen LogP contribution in [-0.4, -0.2) is 71.0 Å². The van der Waals surface area contributed by atoms with Crippen LogP contribution in [0.5, 0.6) is 0 Å². The summed E-state index contributed by atoms with van der Waals surface area (Å²) in [5, 5.41) is 12.6. The van der Waals surface area contributed by atoms with Gasteiger partial charge >= 0.3 is 0 Å². The lowest BCUT2D eigenvalue weighted by molar-refractivity contribution is -0.0718. The summed E-state index contributed by atoms with van der Waals surface area (Å²) in [7, 11) is 2.24. The molecule has 0 unspecified atom stereocenters. The number of pyridine rings is 1. The first kappa shape index (κ1) is 19.3. The molecule has 0 atom stereocenters. The number of nitrogens with zero attached hydrogens (tertiary/aromatic N) is 5. The van der Waals surface area contributed by atoms with Crippen LogP contribution in [0.1, 0.15) is 31.0 Å². The van der Waals surface area contributed by atoms with Gasteiger partial charge in [0.2, 0.25) is 5.90 Å². The minimum Gasteiger partial charge on any atom is -0.473 e. The van der Waals surface area contributed by atoms with Crippen LogP contribution in [0.15, 0.2) is 30.6 Å². The third-order valence-electron chi connectivity index (χ3n) is 6.52. The Morgan fingerprint density at radius 3 is 2.63 bits per heavy atom. The van der Waals surface area contributed by atoms with Crippen molar-refractivity contribution in [3.05, 3.63) is 41.9 Å². The van der Waals surface area contributed by atoms with Crippen LogP contribution < -0.4 is 4.90 Å². The van der Waals surface area contributed by atoms with Gasteiger partial charge in [0.05, 0.1) is 36.7 Å². The van der Waals surface area contributed by atoms with Crippen molar-refractivity contribution in [3.63, 3.8) is 0 Å². The van der Waals surface area contributed by atoms with E-state index in [9.17, 15) is 0 Å². The Morgan fingerprint density at radius 2 is 2.00 bits per heavy atom. The van der Waals surface area contributed by atoms with Gasteiger partial charge in [-0.1, -0.05) is 6.08 Å². The number of likely N-dealkylation sites (N-methyl/N-ethyl adjacent to an activating group) is 1. The summed E-state index contributed by atoms with van der Waals surface area (Å²) >= 11 is 0. The summed E-state index contributed by atoms with van der Waals surface area (Å²) in [5.74, 6) is 0.951. The maximum Gasteiger partial charge on any atom is 0.215 e. The summed E-state index contributed by atoms with van der Waals surface area (Å²) in [6, 6.07) is 5.38. The lowest BCUT2D eigenvalue weighted by Crippen LogP contribution is -2.54. The average molecular weight is 409 g/mol. The number of ether oxygens (including phenoxy) is 2. The zero-order valence-corrected chi connectivity index (χ0v) is 17.5. The molecule has 5 rings (SSSR count). The monoisotopic (exact) mass is 408 g/mol. The number of fused-ring (bicyclic) bond motifs is 1. The van der Waals surface area contributed by atoms with E-state index >= 15 is 0 Å². The Morgan fingerprint density at radius 1 is 1.20 bits per heavy atom. The van der Waals surface area contributed by atoms with Crippen molar-refractivity contribution in [1.82, 2.24) is 19.7 Å². The minimum atomic E-state index is 0.178. The molecule has 2 aromatic heterocycles. The first-order chi connectivity index (χ1) is 14.6. The second-order valence-corrected chi connectivity index (χ2v) is 8.22. The molecule has 1 N–H and O–H groups in total. The molecule has 3 aliphatic heterocycles. The highest BCUT2D eigenvalue weighted by Crippen LogP contribution is 2.28. The first-order valence-electron chi connectivity index (χ1n) is 10.6. The Bertz CT molecular complexity index is 955. The van der Waals surface area contributed by atoms with Crippen LogP contribution in [0, 0.1) is 5.41 Å². The topological polar surface area (TPSA) is 79.5 Å². The molecule has 2 fully saturated rings. The average Bonchev–Trinajstić information content (AvgIpc) is 3.17. The smallest absolute Gasteiger partial charge is 0.215 e. The van der Waals surface area contributed by atoms with E-state index in [1.807, 2.05) is 31.5 Å². The fourth-order valence-corrected chi connectivity index (χ4v) is 4.45. The van der Waals surface area contributed by atoms with E-state index < -0.39 is 0 Å². The lowest BCUT2D eigenvalue weighted by atomic mass is 10.0. The molecule has 0 radical (unpaired) electrons. The number of hydrogen-bond acceptors (Lipinski definition) is 7. The molecular weight excluding hydrogens is 380 g/mol. The number of anilines is 1. The largest absolute Gasteiger partial charge is 0.473 e. The highest BCUT2D eigenvalue weighted by atomic mass is 16.5. The van der Waals surface area contributed by atoms with Crippen LogP contribution in [0.4, 0.5) is 5.69 Å². The molecule has 30 heavy (non-hydrogen) atoms. The van der Waals surface area contributed by atoms with E-state index in [0.29, 0.717) is 18.7 Å². The molecule has 3 aliphatic rings. The van der Waals surface area contributed by atoms with E-state index in [1.165, 1.54) is 12.8 Å². The van der Waals surface area contributed by atoms with Gasteiger partial charge < -0.3 is 14.4 Å². The normalized spacial score (nSPS) is 21.6. The number of nitrogens with one attached hydrogen (secondary N) is 1. The Balaban J connectivity index is 1.26. The summed E-state index contributed by atoms with van der Waals surface area (Å²) < 4.78 is 12.6. The number of hydrogen-bond donors (Lipinski definition) is 1. The molecule has 0 amide bonds. The predicted molar refractivity (Wildman–Crippen MR) is 115 cm³/mol. The number of aromatic nitrogens is 3. The highest BCUT2D eigenvalue weighted by molar-refractivity contribution is 6.18. The molecule has 2 saturated heterocycles. The van der Waals surface area contributed by atoms with E-state index in [-0.39, 0.29) is 5.90 Å². The third-order valence-corrected chi connectivity index (χ3v) is 6.52. The van der Waals surface area contributed by atoms with Crippen LogP contribution in [0.3, 0.4) is 0 Å². The highest BCUT2D eigenvalue weighted by Gasteiger charge is 2.31. The molecule has 158 valence electrons. The van der Waals surface area contributed by atoms with Crippen LogP contribution in [0.25, 0.3) is 11.4 Å². The molecule has 8 heteroatoms. The molecule has 0 spiro atoms. The second-order valence-electron chi connectivity index (χ2n) is 8.22. The predicted octanol–water partition coefficient (Wildman–Crippen LogP) is 2.48. The van der Waals surface area contributed by atoms with Crippen molar-refractivity contribution >= 4 is 17.2 Å². The van der Waals surface area contributed by atoms with Gasteiger partial charge in [0.15, 0.2) is 5.82 Å². The summed E-state index contributed by atoms with van der Waals surface area (Å²) in [6.45, 7) is 6.12. The van der Waals surface area contributed by atoms with Crippen LogP contribution >= 0.6 is 0 Å². The second kappa shape index (κ2) is 7.85. The van der Waals surface area contributed by atoms with Gasteiger partial charge in [-0.15, -0.1) is 0 Å². The van der Waals surface area contributed by atoms with Gasteiger partial charge in [-0.05, 0) is 38.9 Å². The van der Waals surface area contributed by atoms with E-state index in [1.54, 1.807) is 4.68 Å². The molecule has 0 saturated carbocycles. The van der Waals surface area contributed by atoms with E-state index in [0.717, 1.165) is 54.6 Å². The molecule has 5 heterocycles. The Hall–Kier alpha value is -2.71. The summed E-state index contributed by atoms with van der Waals surface area (Å²) in [4.78, 5) is 9.58. The van der Waals surface area contributed by atoms with Gasteiger partial charge in [-0.2, -0.15) is 5.10 Å². The van der Waals surface area contributed by atoms with Crippen molar-refractivity contribution < 1.29 is 9.47 Å². The van der Waals surface area contributed by atoms with Crippen molar-refractivity contribution in [3.8, 4) is 5.82 Å². The van der Waals surface area contributed by atoms with Crippen LogP contribution in [-0.2, 0) is 16.1 Å². The first-order valence-corrected chi connectivity index (χ1v) is 10.6. The van der Waals surface area contributed by atoms with Gasteiger partial charge in [-0.25, -0.2) is 9.67 Å². The summed E-state index contributed by atoms with van der Waals surface area (Å²) in [6.07, 6.45) is 8.08. The standard InChI is InChI=1S/C22H28N6O2/c1-3-19-21-15(12-30-22(19)23)11-28(25-21)20-5-4-17(10-24-20)27-8-6-16(7-9-27)26(2)18-13-29-14-18/h3-5,10-11,16,18,23H,6-9,12-14H2,1-2H3/b19-3-,23-22?. The molecule has 0 bridgehead atoms. The molecule has 2 aromatic rings. The Labute approximate surface area is 176 Å². The fraction of sp³-hybridized carbons (Fsp3) is 0.500. The van der Waals surface area contributed by atoms with E-state index in [4.69, 9.17) is 14.9 Å². The number of piperidine rings is 1. The van der Waals surface area contributed by atoms with Gasteiger partial charge in [0.25, 0.3) is 0 Å². The fourth-order valence-electron chi connectivity index (χ4n) is 4.45. The lowest BCUT2D eigenvalue weighted by Gasteiger charge is -2.43. The van der Waals surface area contributed by atoms with Crippen molar-refractivity contribution in [2.75, 3.05) is 38.3 Å². The molecular formula is C22H28N6O2. The molecule has 0 aliphatic carbocycles. The van der Waals surface area contributed by atoms with Crippen molar-refractivity contribution in [1.29, 1.82) is 5.41 Å². The van der Waals surface area contributed by atoms with Crippen LogP contribution in [0.2, 0.25) is 0 Å².